The molecule has 1 atom stereocenters. The second-order valence-corrected chi connectivity index (χ2v) is 5.87. The highest BCUT2D eigenvalue weighted by atomic mass is 32.2. The topological polar surface area (TPSA) is 64.1 Å². The number of carbonyl (C=O) groups excluding carboxylic acids is 1. The number of hydrogen-bond donors (Lipinski definition) is 1. The van der Waals surface area contributed by atoms with Crippen molar-refractivity contribution in [1.29, 1.82) is 0 Å². The monoisotopic (exact) mass is 297 g/mol. The summed E-state index contributed by atoms with van der Waals surface area (Å²) in [6.07, 6.45) is 5.93. The Labute approximate surface area is 124 Å². The van der Waals surface area contributed by atoms with Crippen molar-refractivity contribution in [2.45, 2.75) is 43.7 Å². The highest BCUT2D eigenvalue weighted by molar-refractivity contribution is 7.99. The van der Waals surface area contributed by atoms with E-state index in [2.05, 4.69) is 22.2 Å². The highest BCUT2D eigenvalue weighted by Gasteiger charge is 2.32. The van der Waals surface area contributed by atoms with Crippen LogP contribution in [0.4, 0.5) is 0 Å². The zero-order valence-electron chi connectivity index (χ0n) is 12.4. The van der Waals surface area contributed by atoms with Crippen LogP contribution < -0.4 is 5.32 Å². The van der Waals surface area contributed by atoms with Crippen LogP contribution in [0, 0.1) is 0 Å². The first-order chi connectivity index (χ1) is 9.62. The van der Waals surface area contributed by atoms with Gasteiger partial charge < -0.3 is 10.1 Å². The van der Waals surface area contributed by atoms with Crippen molar-refractivity contribution in [2.75, 3.05) is 19.4 Å². The van der Waals surface area contributed by atoms with Gasteiger partial charge in [-0.1, -0.05) is 6.92 Å². The maximum absolute atomic E-state index is 11.9. The summed E-state index contributed by atoms with van der Waals surface area (Å²) in [7, 11) is 1.43. The minimum absolute atomic E-state index is 0.196. The Kier molecular flexibility index (Phi) is 7.54. The van der Waals surface area contributed by atoms with Crippen molar-refractivity contribution in [3.8, 4) is 0 Å². The molecule has 1 heterocycles. The molecule has 112 valence electrons. The molecule has 1 aromatic rings. The van der Waals surface area contributed by atoms with Crippen molar-refractivity contribution in [3.63, 3.8) is 0 Å². The minimum Gasteiger partial charge on any atom is -0.468 e. The molecule has 1 unspecified atom stereocenters. The van der Waals surface area contributed by atoms with Gasteiger partial charge in [-0.25, -0.2) is 9.97 Å². The zero-order chi connectivity index (χ0) is 14.8. The molecule has 0 saturated carbocycles. The number of esters is 1. The van der Waals surface area contributed by atoms with Gasteiger partial charge >= 0.3 is 5.97 Å². The van der Waals surface area contributed by atoms with E-state index in [9.17, 15) is 4.79 Å². The summed E-state index contributed by atoms with van der Waals surface area (Å²) in [5.74, 6) is 0.718. The van der Waals surface area contributed by atoms with E-state index < -0.39 is 5.54 Å². The Bertz CT molecular complexity index is 403. The lowest BCUT2D eigenvalue weighted by atomic mass is 9.96. The normalized spacial score (nSPS) is 13.8. The van der Waals surface area contributed by atoms with E-state index in [-0.39, 0.29) is 5.97 Å². The number of nitrogens with zero attached hydrogens (tertiary/aromatic N) is 2. The van der Waals surface area contributed by atoms with Gasteiger partial charge in [0.2, 0.25) is 0 Å². The van der Waals surface area contributed by atoms with Crippen molar-refractivity contribution in [3.05, 3.63) is 18.6 Å². The first-order valence-corrected chi connectivity index (χ1v) is 7.83. The summed E-state index contributed by atoms with van der Waals surface area (Å²) in [6.45, 7) is 4.80. The number of ether oxygens (including phenoxy) is 1. The summed E-state index contributed by atoms with van der Waals surface area (Å²) < 4.78 is 4.90. The SMILES string of the molecule is CCCNC(C)(CCCSc1ccncn1)C(=O)OC. The van der Waals surface area contributed by atoms with Gasteiger partial charge in [-0.2, -0.15) is 0 Å². The van der Waals surface area contributed by atoms with E-state index in [1.807, 2.05) is 13.0 Å². The molecule has 0 aliphatic carbocycles. The van der Waals surface area contributed by atoms with Crippen molar-refractivity contribution in [1.82, 2.24) is 15.3 Å². The lowest BCUT2D eigenvalue weighted by Gasteiger charge is -2.27. The van der Waals surface area contributed by atoms with Crippen LogP contribution in [-0.2, 0) is 9.53 Å². The highest BCUT2D eigenvalue weighted by Crippen LogP contribution is 2.20. The fourth-order valence-electron chi connectivity index (χ4n) is 1.86. The second-order valence-electron chi connectivity index (χ2n) is 4.75. The second kappa shape index (κ2) is 8.92. The molecule has 0 spiro atoms. The van der Waals surface area contributed by atoms with Gasteiger partial charge in [0.25, 0.3) is 0 Å². The molecule has 1 aromatic heterocycles. The maximum atomic E-state index is 11.9. The first kappa shape index (κ1) is 16.9. The number of hydrogen-bond acceptors (Lipinski definition) is 6. The smallest absolute Gasteiger partial charge is 0.325 e. The molecule has 1 N–H and O–H groups in total. The Balaban J connectivity index is 2.40. The first-order valence-electron chi connectivity index (χ1n) is 6.84. The number of methoxy groups -OCH3 is 1. The molecule has 0 fully saturated rings. The number of aromatic nitrogens is 2. The van der Waals surface area contributed by atoms with Crippen LogP contribution in [0.25, 0.3) is 0 Å². The number of nitrogens with one attached hydrogen (secondary N) is 1. The number of rotatable bonds is 9. The summed E-state index contributed by atoms with van der Waals surface area (Å²) >= 11 is 1.67. The molecule has 0 aromatic carbocycles. The van der Waals surface area contributed by atoms with Crippen LogP contribution in [0.3, 0.4) is 0 Å². The predicted octanol–water partition coefficient (Wildman–Crippen LogP) is 2.28. The van der Waals surface area contributed by atoms with Crippen LogP contribution >= 0.6 is 11.8 Å². The molecule has 0 aliphatic rings. The molecule has 20 heavy (non-hydrogen) atoms. The van der Waals surface area contributed by atoms with E-state index in [1.165, 1.54) is 7.11 Å². The Morgan fingerprint density at radius 1 is 1.55 bits per heavy atom. The Hall–Kier alpha value is -1.14. The third-order valence-corrected chi connectivity index (χ3v) is 4.06. The summed E-state index contributed by atoms with van der Waals surface area (Å²) in [5, 5.41) is 4.25. The molecule has 0 radical (unpaired) electrons. The van der Waals surface area contributed by atoms with Crippen LogP contribution in [-0.4, -0.2) is 40.9 Å². The molecule has 5 nitrogen and oxygen atoms in total. The molecular weight excluding hydrogens is 274 g/mol. The van der Waals surface area contributed by atoms with Gasteiger partial charge in [-0.3, -0.25) is 4.79 Å². The van der Waals surface area contributed by atoms with Crippen molar-refractivity contribution < 1.29 is 9.53 Å². The fourth-order valence-corrected chi connectivity index (χ4v) is 2.63. The standard InChI is InChI=1S/C14H23N3O2S/c1-4-8-17-14(2,13(18)19-3)7-5-10-20-12-6-9-15-11-16-12/h6,9,11,17H,4-5,7-8,10H2,1-3H3. The van der Waals surface area contributed by atoms with Gasteiger partial charge in [-0.15, -0.1) is 11.8 Å². The summed E-state index contributed by atoms with van der Waals surface area (Å²) in [5.41, 5.74) is -0.600. The molecule has 1 rings (SSSR count). The third kappa shape index (κ3) is 5.46. The van der Waals surface area contributed by atoms with Crippen LogP contribution in [0.1, 0.15) is 33.1 Å². The fraction of sp³-hybridized carbons (Fsp3) is 0.643. The van der Waals surface area contributed by atoms with Gasteiger partial charge in [0.1, 0.15) is 11.9 Å². The average molecular weight is 297 g/mol. The zero-order valence-corrected chi connectivity index (χ0v) is 13.2. The maximum Gasteiger partial charge on any atom is 0.325 e. The van der Waals surface area contributed by atoms with E-state index in [1.54, 1.807) is 24.3 Å². The Morgan fingerprint density at radius 2 is 2.35 bits per heavy atom. The van der Waals surface area contributed by atoms with Gasteiger partial charge in [0.15, 0.2) is 0 Å². The van der Waals surface area contributed by atoms with Gasteiger partial charge in [-0.05, 0) is 44.6 Å². The lowest BCUT2D eigenvalue weighted by molar-refractivity contribution is -0.148. The van der Waals surface area contributed by atoms with Crippen molar-refractivity contribution in [2.24, 2.45) is 0 Å². The predicted molar refractivity (Wildman–Crippen MR) is 80.7 cm³/mol. The number of thioether (sulfide) groups is 1. The van der Waals surface area contributed by atoms with E-state index in [0.717, 1.165) is 36.6 Å². The molecule has 0 amide bonds. The lowest BCUT2D eigenvalue weighted by Crippen LogP contribution is -2.50. The van der Waals surface area contributed by atoms with Crippen molar-refractivity contribution >= 4 is 17.7 Å². The summed E-state index contributed by atoms with van der Waals surface area (Å²) in [4.78, 5) is 19.9. The summed E-state index contributed by atoms with van der Waals surface area (Å²) in [6, 6.07) is 1.89. The molecule has 0 saturated heterocycles. The van der Waals surface area contributed by atoms with E-state index >= 15 is 0 Å². The van der Waals surface area contributed by atoms with Gasteiger partial charge in [0.05, 0.1) is 12.1 Å². The van der Waals surface area contributed by atoms with Crippen LogP contribution in [0.15, 0.2) is 23.6 Å². The van der Waals surface area contributed by atoms with Crippen LogP contribution in [0.2, 0.25) is 0 Å². The van der Waals surface area contributed by atoms with Crippen LogP contribution in [0.5, 0.6) is 0 Å². The molecule has 0 aliphatic heterocycles. The molecule has 0 bridgehead atoms. The minimum atomic E-state index is -0.600. The average Bonchev–Trinajstić information content (AvgIpc) is 2.49. The van der Waals surface area contributed by atoms with Gasteiger partial charge in [0, 0.05) is 6.20 Å². The molecule has 6 heteroatoms. The third-order valence-electron chi connectivity index (χ3n) is 3.03. The molecular formula is C14H23N3O2S. The Morgan fingerprint density at radius 3 is 2.95 bits per heavy atom. The number of carbonyl (C=O) groups is 1. The van der Waals surface area contributed by atoms with E-state index in [0.29, 0.717) is 0 Å². The van der Waals surface area contributed by atoms with E-state index in [4.69, 9.17) is 4.74 Å². The quantitative estimate of drug-likeness (QED) is 0.326. The largest absolute Gasteiger partial charge is 0.468 e.